The second kappa shape index (κ2) is 8.90. The van der Waals surface area contributed by atoms with E-state index in [2.05, 4.69) is 25.1 Å². The molecule has 0 unspecified atom stereocenters. The lowest BCUT2D eigenvalue weighted by Gasteiger charge is -2.35. The molecular formula is C24H36N2O3. The van der Waals surface area contributed by atoms with Crippen molar-refractivity contribution in [3.63, 3.8) is 0 Å². The van der Waals surface area contributed by atoms with Gasteiger partial charge in [-0.2, -0.15) is 5.26 Å². The first kappa shape index (κ1) is 21.9. The van der Waals surface area contributed by atoms with E-state index >= 15 is 0 Å². The van der Waals surface area contributed by atoms with Gasteiger partial charge in [0, 0.05) is 23.8 Å². The largest absolute Gasteiger partial charge is 0.460 e. The summed E-state index contributed by atoms with van der Waals surface area (Å²) >= 11 is 0. The number of ether oxygens (including phenoxy) is 1. The van der Waals surface area contributed by atoms with Gasteiger partial charge in [0.25, 0.3) is 0 Å². The standard InChI is InChI=1S/C24H36N2O3/c1-15(2)11-16-12-19(13-16)23-21(17-8-9-17)22(26-29-23)18(7-6-10-25)14-20(27)28-24(3,4)5/h15-19H,6-9,11-14H2,1-5H3/t16-,18-,19+/m0/s1. The molecule has 0 amide bonds. The van der Waals surface area contributed by atoms with Crippen LogP contribution in [0.4, 0.5) is 0 Å². The van der Waals surface area contributed by atoms with Gasteiger partial charge in [-0.1, -0.05) is 19.0 Å². The molecule has 1 heterocycles. The smallest absolute Gasteiger partial charge is 0.306 e. The summed E-state index contributed by atoms with van der Waals surface area (Å²) in [6.07, 6.45) is 7.25. The molecule has 0 aromatic carbocycles. The average Bonchev–Trinajstić information content (AvgIpc) is 3.32. The summed E-state index contributed by atoms with van der Waals surface area (Å²) in [7, 11) is 0. The third kappa shape index (κ3) is 5.84. The number of rotatable bonds is 9. The zero-order valence-corrected chi connectivity index (χ0v) is 18.7. The number of nitriles is 1. The number of hydrogen-bond donors (Lipinski definition) is 0. The van der Waals surface area contributed by atoms with Crippen LogP contribution < -0.4 is 0 Å². The Kier molecular flexibility index (Phi) is 6.71. The van der Waals surface area contributed by atoms with Crippen molar-refractivity contribution in [2.75, 3.05) is 0 Å². The molecule has 1 aromatic heterocycles. The molecule has 2 aliphatic rings. The van der Waals surface area contributed by atoms with Crippen LogP contribution in [0.15, 0.2) is 4.52 Å². The minimum Gasteiger partial charge on any atom is -0.460 e. The molecule has 2 saturated carbocycles. The van der Waals surface area contributed by atoms with E-state index in [-0.39, 0.29) is 18.3 Å². The van der Waals surface area contributed by atoms with Gasteiger partial charge < -0.3 is 9.26 Å². The van der Waals surface area contributed by atoms with E-state index in [9.17, 15) is 4.79 Å². The predicted octanol–water partition coefficient (Wildman–Crippen LogP) is 6.21. The topological polar surface area (TPSA) is 76.1 Å². The molecule has 0 N–H and O–H groups in total. The van der Waals surface area contributed by atoms with E-state index in [0.29, 0.717) is 24.7 Å². The van der Waals surface area contributed by atoms with Crippen molar-refractivity contribution in [3.05, 3.63) is 17.0 Å². The molecule has 0 spiro atoms. The Labute approximate surface area is 175 Å². The van der Waals surface area contributed by atoms with Gasteiger partial charge in [-0.3, -0.25) is 4.79 Å². The fourth-order valence-corrected chi connectivity index (χ4v) is 4.66. The van der Waals surface area contributed by atoms with Gasteiger partial charge in [-0.15, -0.1) is 0 Å². The first-order valence-corrected chi connectivity index (χ1v) is 11.3. The van der Waals surface area contributed by atoms with Crippen LogP contribution >= 0.6 is 0 Å². The van der Waals surface area contributed by atoms with E-state index in [1.807, 2.05) is 20.8 Å². The molecule has 0 radical (unpaired) electrons. The molecule has 1 aromatic rings. The molecule has 2 aliphatic carbocycles. The fourth-order valence-electron chi connectivity index (χ4n) is 4.66. The Morgan fingerprint density at radius 3 is 2.52 bits per heavy atom. The maximum atomic E-state index is 12.5. The van der Waals surface area contributed by atoms with Gasteiger partial charge >= 0.3 is 5.97 Å². The lowest BCUT2D eigenvalue weighted by atomic mass is 9.69. The minimum absolute atomic E-state index is 0.107. The first-order valence-electron chi connectivity index (χ1n) is 11.3. The summed E-state index contributed by atoms with van der Waals surface area (Å²) in [5, 5.41) is 13.6. The molecule has 5 nitrogen and oxygen atoms in total. The second-order valence-electron chi connectivity index (χ2n) is 10.5. The number of carbonyl (C=O) groups excluding carboxylic acids is 1. The highest BCUT2D eigenvalue weighted by Crippen LogP contribution is 2.52. The van der Waals surface area contributed by atoms with Gasteiger partial charge in [-0.05, 0) is 77.0 Å². The zero-order chi connectivity index (χ0) is 21.2. The number of carbonyl (C=O) groups is 1. The normalized spacial score (nSPS) is 22.8. The summed E-state index contributed by atoms with van der Waals surface area (Å²) in [4.78, 5) is 12.5. The number of nitrogens with zero attached hydrogens (tertiary/aromatic N) is 2. The first-order chi connectivity index (χ1) is 13.7. The summed E-state index contributed by atoms with van der Waals surface area (Å²) in [5.41, 5.74) is 1.66. The van der Waals surface area contributed by atoms with Crippen LogP contribution in [0.25, 0.3) is 0 Å². The van der Waals surface area contributed by atoms with Gasteiger partial charge in [-0.25, -0.2) is 0 Å². The number of aromatic nitrogens is 1. The lowest BCUT2D eigenvalue weighted by Crippen LogP contribution is -2.25. The maximum absolute atomic E-state index is 12.5. The van der Waals surface area contributed by atoms with E-state index in [1.54, 1.807) is 0 Å². The molecular weight excluding hydrogens is 364 g/mol. The monoisotopic (exact) mass is 400 g/mol. The molecule has 29 heavy (non-hydrogen) atoms. The van der Waals surface area contributed by atoms with Crippen molar-refractivity contribution in [3.8, 4) is 6.07 Å². The Hall–Kier alpha value is -1.83. The van der Waals surface area contributed by atoms with Crippen molar-refractivity contribution >= 4 is 5.97 Å². The SMILES string of the molecule is CC(C)C[C@H]1C[C@@H](c2onc([C@@H](CCC#N)CC(=O)OC(C)(C)C)c2C2CC2)C1. The Morgan fingerprint density at radius 1 is 1.28 bits per heavy atom. The fraction of sp³-hybridized carbons (Fsp3) is 0.792. The van der Waals surface area contributed by atoms with E-state index in [1.165, 1.54) is 37.7 Å². The Balaban J connectivity index is 1.77. The number of esters is 1. The van der Waals surface area contributed by atoms with Gasteiger partial charge in [0.2, 0.25) is 0 Å². The molecule has 1 atom stereocenters. The quantitative estimate of drug-likeness (QED) is 0.460. The number of hydrogen-bond acceptors (Lipinski definition) is 5. The third-order valence-corrected chi connectivity index (χ3v) is 6.00. The van der Waals surface area contributed by atoms with Crippen molar-refractivity contribution in [2.24, 2.45) is 11.8 Å². The van der Waals surface area contributed by atoms with Gasteiger partial charge in [0.1, 0.15) is 11.4 Å². The Morgan fingerprint density at radius 2 is 1.97 bits per heavy atom. The highest BCUT2D eigenvalue weighted by molar-refractivity contribution is 5.71. The molecule has 2 fully saturated rings. The lowest BCUT2D eigenvalue weighted by molar-refractivity contribution is -0.155. The van der Waals surface area contributed by atoms with Crippen LogP contribution in [0.2, 0.25) is 0 Å². The molecule has 0 bridgehead atoms. The third-order valence-electron chi connectivity index (χ3n) is 6.00. The van der Waals surface area contributed by atoms with E-state index in [0.717, 1.165) is 23.3 Å². The minimum atomic E-state index is -0.511. The second-order valence-corrected chi connectivity index (χ2v) is 10.5. The van der Waals surface area contributed by atoms with Crippen LogP contribution in [-0.4, -0.2) is 16.7 Å². The summed E-state index contributed by atoms with van der Waals surface area (Å²) < 4.78 is 11.5. The molecule has 3 rings (SSSR count). The van der Waals surface area contributed by atoms with Crippen LogP contribution in [0.1, 0.15) is 121 Å². The van der Waals surface area contributed by atoms with Gasteiger partial charge in [0.05, 0.1) is 18.2 Å². The van der Waals surface area contributed by atoms with Crippen LogP contribution in [0.3, 0.4) is 0 Å². The highest BCUT2D eigenvalue weighted by atomic mass is 16.6. The van der Waals surface area contributed by atoms with E-state index in [4.69, 9.17) is 14.5 Å². The van der Waals surface area contributed by atoms with E-state index < -0.39 is 5.60 Å². The molecule has 5 heteroatoms. The summed E-state index contributed by atoms with van der Waals surface area (Å²) in [6.45, 7) is 10.2. The molecule has 0 saturated heterocycles. The van der Waals surface area contributed by atoms with Crippen molar-refractivity contribution in [1.29, 1.82) is 5.26 Å². The Bertz CT molecular complexity index is 743. The van der Waals surface area contributed by atoms with Crippen molar-refractivity contribution in [2.45, 2.75) is 109 Å². The van der Waals surface area contributed by atoms with Crippen LogP contribution in [0, 0.1) is 23.2 Å². The summed E-state index contributed by atoms with van der Waals surface area (Å²) in [6, 6.07) is 2.22. The maximum Gasteiger partial charge on any atom is 0.306 e. The average molecular weight is 401 g/mol. The molecule has 0 aliphatic heterocycles. The van der Waals surface area contributed by atoms with Gasteiger partial charge in [0.15, 0.2) is 0 Å². The van der Waals surface area contributed by atoms with Crippen molar-refractivity contribution < 1.29 is 14.1 Å². The summed E-state index contributed by atoms with van der Waals surface area (Å²) in [5.74, 6) is 3.23. The van der Waals surface area contributed by atoms with Crippen LogP contribution in [-0.2, 0) is 9.53 Å². The zero-order valence-electron chi connectivity index (χ0n) is 18.7. The van der Waals surface area contributed by atoms with Crippen molar-refractivity contribution in [1.82, 2.24) is 5.16 Å². The highest BCUT2D eigenvalue weighted by Gasteiger charge is 2.41. The molecule has 160 valence electrons. The van der Waals surface area contributed by atoms with Crippen LogP contribution in [0.5, 0.6) is 0 Å². The predicted molar refractivity (Wildman–Crippen MR) is 111 cm³/mol.